The Labute approximate surface area is 55.8 Å². The van der Waals surface area contributed by atoms with Gasteiger partial charge in [-0.3, -0.25) is 0 Å². The van der Waals surface area contributed by atoms with Gasteiger partial charge < -0.3 is 8.61 Å². The molecule has 0 nitrogen and oxygen atoms in total. The smallest absolute Gasteiger partial charge is 0.0480 e. The molecule has 0 aliphatic carbocycles. The predicted molar refractivity (Wildman–Crippen MR) is 51.7 cm³/mol. The third kappa shape index (κ3) is 2.77. The Kier molecular flexibility index (Phi) is 2.21. The number of thiol groups is 1. The first-order valence-corrected chi connectivity index (χ1v) is 10.6. The summed E-state index contributed by atoms with van der Waals surface area (Å²) in [5.41, 5.74) is 0. The fourth-order valence-corrected chi connectivity index (χ4v) is 2.01. The fraction of sp³-hybridized carbons (Fsp3) is 1.00. The van der Waals surface area contributed by atoms with E-state index in [1.54, 1.807) is 0 Å². The summed E-state index contributed by atoms with van der Waals surface area (Å²) in [5, 5.41) is 0. The van der Waals surface area contributed by atoms with Gasteiger partial charge in [0.25, 0.3) is 0 Å². The monoisotopic (exact) mass is 152 g/mol. The van der Waals surface area contributed by atoms with Crippen molar-refractivity contribution in [1.82, 2.24) is 0 Å². The lowest BCUT2D eigenvalue weighted by Gasteiger charge is -2.49. The van der Waals surface area contributed by atoms with E-state index in [0.717, 1.165) is 0 Å². The molecule has 0 N–H and O–H groups in total. The zero-order chi connectivity index (χ0) is 6.86. The van der Waals surface area contributed by atoms with Crippen molar-refractivity contribution in [3.05, 3.63) is 0 Å². The van der Waals surface area contributed by atoms with Gasteiger partial charge in [-0.15, -0.1) is 0 Å². The van der Waals surface area contributed by atoms with E-state index in [2.05, 4.69) is 32.2 Å². The second-order valence-corrected chi connectivity index (χ2v) is 21.2. The second-order valence-electron chi connectivity index (χ2n) is 4.10. The van der Waals surface area contributed by atoms with E-state index in [1.807, 2.05) is 0 Å². The van der Waals surface area contributed by atoms with Gasteiger partial charge in [0.1, 0.15) is 0 Å². The lowest BCUT2D eigenvalue weighted by molar-refractivity contribution is 1.48. The molecule has 0 unspecified atom stereocenters. The lowest BCUT2D eigenvalue weighted by atomic mass is 11.0. The molecule has 54 valence electrons. The molecular formula is C6H20SSi. The first-order valence-electron chi connectivity index (χ1n) is 3.39. The van der Waals surface area contributed by atoms with Crippen molar-refractivity contribution in [2.24, 2.45) is 0 Å². The first kappa shape index (κ1) is 8.57. The molecule has 0 aromatic carbocycles. The zero-order valence-electron chi connectivity index (χ0n) is 6.86. The third-order valence-corrected chi connectivity index (χ3v) is 15.4. The maximum Gasteiger partial charge on any atom is 0.0480 e. The van der Waals surface area contributed by atoms with Gasteiger partial charge in [0, 0.05) is 8.67 Å². The Morgan fingerprint density at radius 3 is 1.62 bits per heavy atom. The molecule has 0 saturated heterocycles. The fourth-order valence-electron chi connectivity index (χ4n) is 0.224. The molecule has 0 fully saturated rings. The Balaban J connectivity index is 3.99. The summed E-state index contributed by atoms with van der Waals surface area (Å²) in [6.45, 7) is 4.79. The highest BCUT2D eigenvalue weighted by molar-refractivity contribution is 8.64. The molecule has 0 amide bonds. The Morgan fingerprint density at radius 2 is 1.62 bits per heavy atom. The Bertz CT molecular complexity index is 72.3. The van der Waals surface area contributed by atoms with E-state index in [4.69, 9.17) is 0 Å². The number of hydrogen-bond donors (Lipinski definition) is 1. The van der Waals surface area contributed by atoms with E-state index < -0.39 is 8.61 Å². The van der Waals surface area contributed by atoms with Crippen LogP contribution in [-0.4, -0.2) is 33.2 Å². The van der Waals surface area contributed by atoms with Crippen molar-refractivity contribution in [1.29, 1.82) is 0 Å². The van der Waals surface area contributed by atoms with Crippen molar-refractivity contribution >= 4 is 17.3 Å². The van der Waals surface area contributed by atoms with E-state index >= 15 is 0 Å². The lowest BCUT2D eigenvalue weighted by Crippen LogP contribution is -2.20. The number of rotatable bonds is 2. The van der Waals surface area contributed by atoms with E-state index in [9.17, 15) is 0 Å². The maximum atomic E-state index is 2.51. The van der Waals surface area contributed by atoms with Crippen LogP contribution in [0.3, 0.4) is 0 Å². The largest absolute Gasteiger partial charge is 0.301 e. The van der Waals surface area contributed by atoms with Gasteiger partial charge in [0.05, 0.1) is 0 Å². The molecule has 0 bridgehead atoms. The van der Waals surface area contributed by atoms with E-state index in [0.29, 0.717) is 0 Å². The molecule has 2 heteroatoms. The topological polar surface area (TPSA) is 0 Å². The average Bonchev–Trinajstić information content (AvgIpc) is 1.68. The van der Waals surface area contributed by atoms with Crippen LogP contribution in [0.2, 0.25) is 6.55 Å². The summed E-state index contributed by atoms with van der Waals surface area (Å²) >= 11 is 0. The van der Waals surface area contributed by atoms with Crippen LogP contribution in [0.4, 0.5) is 0 Å². The van der Waals surface area contributed by atoms with Crippen LogP contribution in [-0.2, 0) is 0 Å². The molecular weight excluding hydrogens is 132 g/mol. The predicted octanol–water partition coefficient (Wildman–Crippen LogP) is 1.10. The van der Waals surface area contributed by atoms with Crippen molar-refractivity contribution in [3.8, 4) is 0 Å². The summed E-state index contributed by atoms with van der Waals surface area (Å²) in [5.74, 6) is 1.45. The third-order valence-electron chi connectivity index (χ3n) is 2.34. The van der Waals surface area contributed by atoms with Gasteiger partial charge in [0.15, 0.2) is 0 Å². The Hall–Kier alpha value is 0.567. The van der Waals surface area contributed by atoms with E-state index in [1.165, 1.54) is 5.75 Å². The van der Waals surface area contributed by atoms with Crippen molar-refractivity contribution in [3.63, 3.8) is 0 Å². The minimum absolute atomic E-state index is 0.276. The zero-order valence-corrected chi connectivity index (χ0v) is 9.17. The summed E-state index contributed by atoms with van der Waals surface area (Å²) < 4.78 is 0. The highest BCUT2D eigenvalue weighted by Crippen LogP contribution is 2.56. The van der Waals surface area contributed by atoms with Crippen LogP contribution < -0.4 is 0 Å². The molecule has 0 saturated carbocycles. The molecule has 0 rings (SSSR count). The van der Waals surface area contributed by atoms with Crippen LogP contribution in [0.15, 0.2) is 0 Å². The van der Waals surface area contributed by atoms with E-state index in [-0.39, 0.29) is 8.67 Å². The molecule has 8 heavy (non-hydrogen) atoms. The summed E-state index contributed by atoms with van der Waals surface area (Å²) in [4.78, 5) is 0. The second kappa shape index (κ2) is 2.07. The highest BCUT2D eigenvalue weighted by Gasteiger charge is 2.19. The molecule has 0 aliphatic rings. The van der Waals surface area contributed by atoms with Crippen molar-refractivity contribution in [2.45, 2.75) is 13.5 Å². The first-order chi connectivity index (χ1) is 3.39. The van der Waals surface area contributed by atoms with Crippen LogP contribution in [0, 0.1) is 0 Å². The molecule has 0 aromatic heterocycles. The van der Waals surface area contributed by atoms with Gasteiger partial charge in [-0.25, -0.2) is 0 Å². The van der Waals surface area contributed by atoms with Crippen molar-refractivity contribution < 1.29 is 0 Å². The quantitative estimate of drug-likeness (QED) is 0.445. The maximum absolute atomic E-state index is 2.51. The minimum Gasteiger partial charge on any atom is -0.301 e. The molecule has 0 aromatic rings. The van der Waals surface area contributed by atoms with Crippen molar-refractivity contribution in [2.75, 3.05) is 24.5 Å². The average molecular weight is 152 g/mol. The van der Waals surface area contributed by atoms with Gasteiger partial charge in [-0.05, 0) is 5.75 Å². The Morgan fingerprint density at radius 1 is 1.25 bits per heavy atom. The SMILES string of the molecule is CC[SH](C)(C)(C)[SiH2]C. The van der Waals surface area contributed by atoms with Crippen LogP contribution in [0.25, 0.3) is 0 Å². The molecule has 0 aliphatic heterocycles. The normalized spacial score (nSPS) is 18.9. The highest BCUT2D eigenvalue weighted by atomic mass is 32.5. The van der Waals surface area contributed by atoms with Gasteiger partial charge in [-0.2, -0.15) is 0 Å². The van der Waals surface area contributed by atoms with Gasteiger partial charge >= 0.3 is 0 Å². The summed E-state index contributed by atoms with van der Waals surface area (Å²) in [6.07, 6.45) is 7.54. The summed E-state index contributed by atoms with van der Waals surface area (Å²) in [7, 11) is -0.686. The molecule has 0 radical (unpaired) electrons. The molecule has 0 atom stereocenters. The summed E-state index contributed by atoms with van der Waals surface area (Å²) in [6, 6.07) is 0. The minimum atomic E-state index is -0.962. The molecule has 0 spiro atoms. The standard InChI is InChI=1S/C6H20SSi/c1-6-7(2,3,4)8-5/h7H,6,8H2,1-5H3. The van der Waals surface area contributed by atoms with Gasteiger partial charge in [0.2, 0.25) is 0 Å². The van der Waals surface area contributed by atoms with Gasteiger partial charge in [-0.1, -0.05) is 32.2 Å². The molecule has 0 heterocycles. The van der Waals surface area contributed by atoms with Crippen LogP contribution in [0.1, 0.15) is 6.92 Å². The van der Waals surface area contributed by atoms with Crippen LogP contribution in [0.5, 0.6) is 0 Å². The number of hydrogen-bond acceptors (Lipinski definition) is 0. The van der Waals surface area contributed by atoms with Crippen LogP contribution >= 0.6 is 8.61 Å².